The summed E-state index contributed by atoms with van der Waals surface area (Å²) in [7, 11) is 2.03. The molecule has 0 aromatic carbocycles. The number of amides is 1. The third-order valence-electron chi connectivity index (χ3n) is 3.77. The van der Waals surface area contributed by atoms with E-state index >= 15 is 0 Å². The lowest BCUT2D eigenvalue weighted by atomic mass is 9.85. The Hall–Kier alpha value is -1.69. The van der Waals surface area contributed by atoms with Crippen LogP contribution in [0, 0.1) is 16.0 Å². The van der Waals surface area contributed by atoms with Gasteiger partial charge >= 0.3 is 0 Å². The van der Waals surface area contributed by atoms with Crippen molar-refractivity contribution in [3.63, 3.8) is 0 Å². The molecule has 1 aliphatic heterocycles. The largest absolute Gasteiger partial charge is 0.321 e. The van der Waals surface area contributed by atoms with Crippen molar-refractivity contribution in [2.45, 2.75) is 26.2 Å². The predicted octanol–water partition coefficient (Wildman–Crippen LogP) is 1.28. The van der Waals surface area contributed by atoms with Gasteiger partial charge in [-0.1, -0.05) is 6.08 Å². The van der Waals surface area contributed by atoms with Crippen LogP contribution in [-0.2, 0) is 4.79 Å². The van der Waals surface area contributed by atoms with Crippen molar-refractivity contribution in [2.24, 2.45) is 5.92 Å². The first-order valence-electron chi connectivity index (χ1n) is 6.53. The van der Waals surface area contributed by atoms with Gasteiger partial charge in [-0.15, -0.1) is 0 Å². The number of likely N-dealkylation sites (tertiary alicyclic amines) is 1. The van der Waals surface area contributed by atoms with Crippen molar-refractivity contribution < 1.29 is 9.72 Å². The first-order valence-corrected chi connectivity index (χ1v) is 6.53. The number of fused-ring (bicyclic) bond motifs is 1. The van der Waals surface area contributed by atoms with E-state index in [0.717, 1.165) is 31.5 Å². The Kier molecular flexibility index (Phi) is 3.99. The summed E-state index contributed by atoms with van der Waals surface area (Å²) in [5, 5.41) is 13.9. The molecule has 1 unspecified atom stereocenters. The van der Waals surface area contributed by atoms with Crippen LogP contribution >= 0.6 is 0 Å². The molecule has 0 bridgehead atoms. The van der Waals surface area contributed by atoms with Gasteiger partial charge in [-0.05, 0) is 38.8 Å². The van der Waals surface area contributed by atoms with Crippen LogP contribution in [0.25, 0.3) is 0 Å². The molecule has 0 saturated carbocycles. The normalized spacial score (nSPS) is 24.3. The molecule has 0 radical (unpaired) electrons. The third-order valence-corrected chi connectivity index (χ3v) is 3.77. The third kappa shape index (κ3) is 3.01. The van der Waals surface area contributed by atoms with Gasteiger partial charge in [0.15, 0.2) is 0 Å². The molecule has 104 valence electrons. The molecular weight excluding hydrogens is 246 g/mol. The molecule has 1 heterocycles. The van der Waals surface area contributed by atoms with Crippen LogP contribution in [0.5, 0.6) is 0 Å². The van der Waals surface area contributed by atoms with Crippen LogP contribution in [-0.4, -0.2) is 35.9 Å². The van der Waals surface area contributed by atoms with Gasteiger partial charge in [0.2, 0.25) is 5.91 Å². The molecule has 2 rings (SSSR count). The van der Waals surface area contributed by atoms with E-state index in [1.165, 1.54) is 6.92 Å². The van der Waals surface area contributed by atoms with E-state index < -0.39 is 0 Å². The second kappa shape index (κ2) is 5.52. The highest BCUT2D eigenvalue weighted by Crippen LogP contribution is 2.35. The summed E-state index contributed by atoms with van der Waals surface area (Å²) in [5.74, 6) is -0.0294. The SMILES string of the molecule is CC(=O)NC1=CCC2CCN(C)CCC2=C1[N+](=O)[O-]. The first-order chi connectivity index (χ1) is 8.99. The van der Waals surface area contributed by atoms with Gasteiger partial charge in [0, 0.05) is 19.0 Å². The van der Waals surface area contributed by atoms with E-state index in [9.17, 15) is 14.9 Å². The number of carbonyl (C=O) groups is 1. The fourth-order valence-electron chi connectivity index (χ4n) is 2.79. The summed E-state index contributed by atoms with van der Waals surface area (Å²) in [6, 6.07) is 0. The van der Waals surface area contributed by atoms with Gasteiger partial charge in [0.1, 0.15) is 5.70 Å². The topological polar surface area (TPSA) is 75.5 Å². The maximum absolute atomic E-state index is 11.3. The number of nitrogens with zero attached hydrogens (tertiary/aromatic N) is 2. The van der Waals surface area contributed by atoms with E-state index in [4.69, 9.17) is 0 Å². The van der Waals surface area contributed by atoms with Crippen molar-refractivity contribution in [1.29, 1.82) is 0 Å². The quantitative estimate of drug-likeness (QED) is 0.603. The lowest BCUT2D eigenvalue weighted by Crippen LogP contribution is -2.28. The standard InChI is InChI=1S/C13H19N3O3/c1-9(17)14-12-4-3-10-5-7-15(2)8-6-11(10)13(12)16(18)19/h4,10H,3,5-8H2,1-2H3,(H,14,17). The zero-order chi connectivity index (χ0) is 14.0. The molecule has 1 saturated heterocycles. The number of nitrogens with one attached hydrogen (secondary N) is 1. The monoisotopic (exact) mass is 265 g/mol. The highest BCUT2D eigenvalue weighted by molar-refractivity contribution is 5.76. The maximum atomic E-state index is 11.3. The number of hydrogen-bond acceptors (Lipinski definition) is 4. The summed E-state index contributed by atoms with van der Waals surface area (Å²) in [5.41, 5.74) is 1.37. The Bertz CT molecular complexity index is 468. The predicted molar refractivity (Wildman–Crippen MR) is 70.8 cm³/mol. The molecule has 1 N–H and O–H groups in total. The fraction of sp³-hybridized carbons (Fsp3) is 0.615. The molecule has 0 aromatic rings. The zero-order valence-electron chi connectivity index (χ0n) is 11.3. The van der Waals surface area contributed by atoms with Crippen LogP contribution in [0.1, 0.15) is 26.2 Å². The van der Waals surface area contributed by atoms with Crippen LogP contribution < -0.4 is 5.32 Å². The minimum Gasteiger partial charge on any atom is -0.321 e. The van der Waals surface area contributed by atoms with Crippen LogP contribution in [0.15, 0.2) is 23.0 Å². The highest BCUT2D eigenvalue weighted by Gasteiger charge is 2.34. The summed E-state index contributed by atoms with van der Waals surface area (Å²) in [6.45, 7) is 3.16. The van der Waals surface area contributed by atoms with Gasteiger partial charge in [-0.25, -0.2) is 0 Å². The summed E-state index contributed by atoms with van der Waals surface area (Å²) < 4.78 is 0. The highest BCUT2D eigenvalue weighted by atomic mass is 16.6. The van der Waals surface area contributed by atoms with Crippen LogP contribution in [0.3, 0.4) is 0 Å². The molecule has 1 fully saturated rings. The smallest absolute Gasteiger partial charge is 0.291 e. The second-order valence-corrected chi connectivity index (χ2v) is 5.20. The van der Waals surface area contributed by atoms with E-state index in [1.54, 1.807) is 6.08 Å². The van der Waals surface area contributed by atoms with E-state index in [1.807, 2.05) is 7.05 Å². The fourth-order valence-corrected chi connectivity index (χ4v) is 2.79. The van der Waals surface area contributed by atoms with Gasteiger partial charge in [0.25, 0.3) is 5.70 Å². The molecule has 1 aliphatic carbocycles. The number of nitro groups is 1. The van der Waals surface area contributed by atoms with Crippen LogP contribution in [0.4, 0.5) is 0 Å². The van der Waals surface area contributed by atoms with Crippen molar-refractivity contribution in [3.8, 4) is 0 Å². The molecule has 19 heavy (non-hydrogen) atoms. The average Bonchev–Trinajstić information content (AvgIpc) is 2.50. The van der Waals surface area contributed by atoms with E-state index in [2.05, 4.69) is 10.2 Å². The van der Waals surface area contributed by atoms with Gasteiger partial charge in [0.05, 0.1) is 4.92 Å². The first kappa shape index (κ1) is 13.7. The molecule has 2 aliphatic rings. The minimum absolute atomic E-state index is 0.113. The van der Waals surface area contributed by atoms with Crippen LogP contribution in [0.2, 0.25) is 0 Å². The Labute approximate surface area is 112 Å². The second-order valence-electron chi connectivity index (χ2n) is 5.20. The Morgan fingerprint density at radius 1 is 1.53 bits per heavy atom. The number of rotatable bonds is 2. The van der Waals surface area contributed by atoms with E-state index in [-0.39, 0.29) is 22.4 Å². The number of carbonyl (C=O) groups excluding carboxylic acids is 1. The van der Waals surface area contributed by atoms with Gasteiger partial charge in [-0.3, -0.25) is 14.9 Å². The van der Waals surface area contributed by atoms with Crippen molar-refractivity contribution in [3.05, 3.63) is 33.2 Å². The van der Waals surface area contributed by atoms with Gasteiger partial charge in [-0.2, -0.15) is 0 Å². The summed E-state index contributed by atoms with van der Waals surface area (Å²) in [6.07, 6.45) is 4.20. The van der Waals surface area contributed by atoms with Gasteiger partial charge < -0.3 is 10.2 Å². The summed E-state index contributed by atoms with van der Waals surface area (Å²) in [4.78, 5) is 24.3. The van der Waals surface area contributed by atoms with Crippen molar-refractivity contribution in [1.82, 2.24) is 10.2 Å². The average molecular weight is 265 g/mol. The molecule has 1 atom stereocenters. The van der Waals surface area contributed by atoms with Crippen molar-refractivity contribution in [2.75, 3.05) is 20.1 Å². The molecule has 0 spiro atoms. The lowest BCUT2D eigenvalue weighted by Gasteiger charge is -2.22. The van der Waals surface area contributed by atoms with Crippen molar-refractivity contribution >= 4 is 5.91 Å². The lowest BCUT2D eigenvalue weighted by molar-refractivity contribution is -0.423. The Morgan fingerprint density at radius 2 is 2.26 bits per heavy atom. The maximum Gasteiger partial charge on any atom is 0.291 e. The zero-order valence-corrected chi connectivity index (χ0v) is 11.3. The number of allylic oxidation sites excluding steroid dienone is 1. The molecule has 6 heteroatoms. The molecule has 6 nitrogen and oxygen atoms in total. The Morgan fingerprint density at radius 3 is 2.89 bits per heavy atom. The number of hydrogen-bond donors (Lipinski definition) is 1. The molecular formula is C13H19N3O3. The Balaban J connectivity index is 2.36. The molecule has 1 amide bonds. The van der Waals surface area contributed by atoms with E-state index in [0.29, 0.717) is 12.1 Å². The minimum atomic E-state index is -0.353. The molecule has 0 aromatic heterocycles. The summed E-state index contributed by atoms with van der Waals surface area (Å²) >= 11 is 0.